The third-order valence-corrected chi connectivity index (χ3v) is 10.9. The lowest BCUT2D eigenvalue weighted by molar-refractivity contribution is 0.661. The van der Waals surface area contributed by atoms with Gasteiger partial charge in [-0.3, -0.25) is 0 Å². The lowest BCUT2D eigenvalue weighted by atomic mass is 9.61. The third-order valence-electron chi connectivity index (χ3n) is 10.9. The number of rotatable bonds is 6. The summed E-state index contributed by atoms with van der Waals surface area (Å²) < 4.78 is 0. The highest BCUT2D eigenvalue weighted by Crippen LogP contribution is 2.52. The Hall–Kier alpha value is -4.95. The molecule has 0 bridgehead atoms. The molecule has 0 unspecified atom stereocenters. The van der Waals surface area contributed by atoms with Crippen LogP contribution in [0.4, 0.5) is 34.1 Å². The van der Waals surface area contributed by atoms with Crippen molar-refractivity contribution >= 4 is 178 Å². The molecule has 0 saturated carbocycles. The van der Waals surface area contributed by atoms with E-state index in [4.69, 9.17) is 78.5 Å². The van der Waals surface area contributed by atoms with Gasteiger partial charge in [-0.2, -0.15) is 0 Å². The molecule has 12 heteroatoms. The van der Waals surface area contributed by atoms with Gasteiger partial charge < -0.3 is 9.80 Å². The number of fused-ring (bicyclic) bond motifs is 4. The Morgan fingerprint density at radius 3 is 1.22 bits per heavy atom. The van der Waals surface area contributed by atoms with E-state index in [9.17, 15) is 0 Å². The summed E-state index contributed by atoms with van der Waals surface area (Å²) in [5.41, 5.74) is 10.4. The van der Waals surface area contributed by atoms with Crippen molar-refractivity contribution in [2.45, 2.75) is 19.3 Å². The zero-order chi connectivity index (χ0) is 39.1. The average molecular weight is 677 g/mol. The van der Waals surface area contributed by atoms with E-state index in [0.717, 1.165) is 50.2 Å². The summed E-state index contributed by atoms with van der Waals surface area (Å²) in [5, 5.41) is 2.07. The van der Waals surface area contributed by atoms with Gasteiger partial charge in [-0.1, -0.05) is 84.2 Å². The molecule has 55 heavy (non-hydrogen) atoms. The average Bonchev–Trinajstić information content (AvgIpc) is 3.41. The van der Waals surface area contributed by atoms with Crippen molar-refractivity contribution in [3.63, 3.8) is 0 Å². The molecule has 0 spiro atoms. The van der Waals surface area contributed by atoms with E-state index in [-0.39, 0.29) is 54.6 Å². The molecule has 0 aromatic heterocycles. The van der Waals surface area contributed by atoms with Crippen molar-refractivity contribution in [2.24, 2.45) is 0 Å². The van der Waals surface area contributed by atoms with Gasteiger partial charge in [0.1, 0.15) is 78.5 Å². The molecule has 0 heterocycles. The van der Waals surface area contributed by atoms with Gasteiger partial charge >= 0.3 is 0 Å². The maximum Gasteiger partial charge on any atom is 0.115 e. The second-order valence-electron chi connectivity index (χ2n) is 14.5. The normalized spacial score (nSPS) is 12.7. The first-order valence-corrected chi connectivity index (χ1v) is 17.7. The summed E-state index contributed by atoms with van der Waals surface area (Å²) in [4.78, 5) is 3.94. The molecule has 20 radical (unpaired) electrons. The molecule has 0 atom stereocenters. The van der Waals surface area contributed by atoms with E-state index < -0.39 is 5.41 Å². The highest BCUT2D eigenvalue weighted by Gasteiger charge is 2.37. The fourth-order valence-electron chi connectivity index (χ4n) is 7.85. The molecule has 7 aromatic rings. The van der Waals surface area contributed by atoms with Crippen LogP contribution < -0.4 is 64.4 Å². The van der Waals surface area contributed by atoms with Crippen molar-refractivity contribution in [1.29, 1.82) is 0 Å². The van der Waals surface area contributed by atoms with Crippen LogP contribution in [-0.4, -0.2) is 78.5 Å². The molecule has 0 amide bonds. The monoisotopic (exact) mass is 678 g/mol. The van der Waals surface area contributed by atoms with E-state index in [1.807, 2.05) is 76.5 Å². The molecule has 0 N–H and O–H groups in total. The fraction of sp³-hybridized carbons (Fsp3) is 0.0698. The number of hydrogen-bond donors (Lipinski definition) is 0. The van der Waals surface area contributed by atoms with E-state index in [2.05, 4.69) is 56.3 Å². The zero-order valence-electron chi connectivity index (χ0n) is 30.6. The van der Waals surface area contributed by atoms with Crippen LogP contribution in [0.1, 0.15) is 25.0 Å². The number of benzene rings is 7. The van der Waals surface area contributed by atoms with Crippen molar-refractivity contribution in [3.8, 4) is 11.1 Å². The quantitative estimate of drug-likeness (QED) is 0.230. The van der Waals surface area contributed by atoms with Crippen LogP contribution in [0.5, 0.6) is 0 Å². The molecule has 1 aliphatic carbocycles. The van der Waals surface area contributed by atoms with Gasteiger partial charge in [-0.15, -0.1) is 32.8 Å². The maximum atomic E-state index is 6.65. The van der Waals surface area contributed by atoms with Crippen LogP contribution in [0, 0.1) is 0 Å². The summed E-state index contributed by atoms with van der Waals surface area (Å²) in [7, 11) is 64.4. The minimum atomic E-state index is -0.405. The van der Waals surface area contributed by atoms with Crippen LogP contribution in [0.25, 0.3) is 21.9 Å². The molecular weight excluding hydrogens is 653 g/mol. The van der Waals surface area contributed by atoms with Crippen LogP contribution in [0.15, 0.2) is 109 Å². The Morgan fingerprint density at radius 1 is 0.345 bits per heavy atom. The molecule has 0 fully saturated rings. The lowest BCUT2D eigenvalue weighted by Crippen LogP contribution is -2.56. The third kappa shape index (κ3) is 5.78. The first-order valence-electron chi connectivity index (χ1n) is 17.7. The Morgan fingerprint density at radius 2 is 0.745 bits per heavy atom. The Kier molecular flexibility index (Phi) is 9.19. The summed E-state index contributed by atoms with van der Waals surface area (Å²) in [5.74, 6) is 0. The van der Waals surface area contributed by atoms with E-state index in [0.29, 0.717) is 11.4 Å². The van der Waals surface area contributed by atoms with Crippen molar-refractivity contribution in [3.05, 3.63) is 120 Å². The number of para-hydroxylation sites is 2. The minimum absolute atomic E-state index is 0.159. The Labute approximate surface area is 337 Å². The van der Waals surface area contributed by atoms with Crippen LogP contribution in [-0.2, 0) is 5.41 Å². The second-order valence-corrected chi connectivity index (χ2v) is 14.5. The molecule has 0 aliphatic heterocycles. The Balaban J connectivity index is 1.28. The van der Waals surface area contributed by atoms with Gasteiger partial charge in [-0.25, -0.2) is 0 Å². The first-order chi connectivity index (χ1) is 26.2. The summed E-state index contributed by atoms with van der Waals surface area (Å²) >= 11 is 0. The lowest BCUT2D eigenvalue weighted by Gasteiger charge is -2.33. The summed E-state index contributed by atoms with van der Waals surface area (Å²) in [6.07, 6.45) is 0. The SMILES string of the molecule is [B]c1c([B])c([B])c(N(c2ccccc2)c2ccc3c(c2)C(C)(C)c2cc4cc(N(c5ccccc5)c5c([B])c([B])c([B])c([B])c5[B])ccc4cc2-3)c([B])c1[B]. The predicted molar refractivity (Wildman–Crippen MR) is 245 cm³/mol. The molecule has 7 aromatic carbocycles. The summed E-state index contributed by atoms with van der Waals surface area (Å²) in [6.45, 7) is 4.45. The van der Waals surface area contributed by atoms with E-state index in [1.165, 1.54) is 5.56 Å². The van der Waals surface area contributed by atoms with Gasteiger partial charge in [0.15, 0.2) is 0 Å². The molecule has 0 saturated heterocycles. The minimum Gasteiger partial charge on any atom is -0.312 e. The smallest absolute Gasteiger partial charge is 0.115 e. The maximum absolute atomic E-state index is 6.65. The summed E-state index contributed by atoms with van der Waals surface area (Å²) in [6, 6.07) is 36.7. The van der Waals surface area contributed by atoms with Gasteiger partial charge in [-0.05, 0) is 93.7 Å². The largest absolute Gasteiger partial charge is 0.312 e. The Bertz CT molecular complexity index is 2640. The van der Waals surface area contributed by atoms with Gasteiger partial charge in [0.05, 0.1) is 0 Å². The number of nitrogens with zero attached hydrogens (tertiary/aromatic N) is 2. The topological polar surface area (TPSA) is 6.48 Å². The van der Waals surface area contributed by atoms with E-state index in [1.54, 1.807) is 0 Å². The molecule has 236 valence electrons. The van der Waals surface area contributed by atoms with Crippen molar-refractivity contribution < 1.29 is 0 Å². The first kappa shape index (κ1) is 37.0. The van der Waals surface area contributed by atoms with Crippen molar-refractivity contribution in [1.82, 2.24) is 0 Å². The molecule has 1 aliphatic rings. The standard InChI is InChI=1S/C43H24B10N2/c1-43(2)29-19-22-17-25(54(23-9-5-3-6-10-23)41-37(50)33(46)31(44)34(47)38(41)51)14-13-21(22)18-28(29)27-16-15-26(20-30(27)43)55(24-11-7-4-8-12-24)42-39(52)35(48)32(45)36(49)40(42)53/h3-20H,1-2H3. The fourth-order valence-corrected chi connectivity index (χ4v) is 7.85. The highest BCUT2D eigenvalue weighted by molar-refractivity contribution is 6.70. The highest BCUT2D eigenvalue weighted by atomic mass is 15.2. The van der Waals surface area contributed by atoms with E-state index >= 15 is 0 Å². The van der Waals surface area contributed by atoms with Crippen LogP contribution in [0.2, 0.25) is 0 Å². The molecule has 2 nitrogen and oxygen atoms in total. The van der Waals surface area contributed by atoms with Crippen LogP contribution >= 0.6 is 0 Å². The van der Waals surface area contributed by atoms with Gasteiger partial charge in [0.2, 0.25) is 0 Å². The molecule has 8 rings (SSSR count). The van der Waals surface area contributed by atoms with Crippen LogP contribution in [0.3, 0.4) is 0 Å². The van der Waals surface area contributed by atoms with Gasteiger partial charge in [0.25, 0.3) is 0 Å². The zero-order valence-corrected chi connectivity index (χ0v) is 30.6. The number of hydrogen-bond acceptors (Lipinski definition) is 2. The molecular formula is C43H24B10N2. The predicted octanol–water partition coefficient (Wildman–Crippen LogP) is 0.0237. The second kappa shape index (κ2) is 13.7. The number of anilines is 6. The van der Waals surface area contributed by atoms with Crippen molar-refractivity contribution in [2.75, 3.05) is 9.80 Å². The van der Waals surface area contributed by atoms with Gasteiger partial charge in [0, 0.05) is 39.5 Å².